The SMILES string of the molecule is C#Cc1ccc(C(C(=O)Nc2ccc(OC)cc2)N(CCC)C(=O)C(C)NC(=O)OC(C)(C)C)cc1. The topological polar surface area (TPSA) is 97.0 Å². The lowest BCUT2D eigenvalue weighted by molar-refractivity contribution is -0.140. The minimum absolute atomic E-state index is 0.288. The maximum Gasteiger partial charge on any atom is 0.408 e. The number of hydrogen-bond acceptors (Lipinski definition) is 5. The molecule has 0 aliphatic rings. The van der Waals surface area contributed by atoms with Crippen molar-refractivity contribution in [1.29, 1.82) is 0 Å². The van der Waals surface area contributed by atoms with Crippen LogP contribution >= 0.6 is 0 Å². The molecule has 2 aromatic rings. The van der Waals surface area contributed by atoms with Gasteiger partial charge in [0.1, 0.15) is 23.4 Å². The van der Waals surface area contributed by atoms with Crippen molar-refractivity contribution in [2.45, 2.75) is 58.7 Å². The molecular weight excluding hydrogens is 458 g/mol. The lowest BCUT2D eigenvalue weighted by atomic mass is 10.0. The van der Waals surface area contributed by atoms with Crippen molar-refractivity contribution in [1.82, 2.24) is 10.2 Å². The second-order valence-corrected chi connectivity index (χ2v) is 9.29. The second-order valence-electron chi connectivity index (χ2n) is 9.29. The van der Waals surface area contributed by atoms with Gasteiger partial charge in [-0.1, -0.05) is 25.0 Å². The number of hydrogen-bond donors (Lipinski definition) is 2. The molecule has 3 amide bonds. The molecule has 2 rings (SSSR count). The number of benzene rings is 2. The van der Waals surface area contributed by atoms with Crippen LogP contribution in [0.15, 0.2) is 48.5 Å². The third-order valence-electron chi connectivity index (χ3n) is 5.16. The van der Waals surface area contributed by atoms with E-state index in [0.29, 0.717) is 29.0 Å². The largest absolute Gasteiger partial charge is 0.497 e. The normalized spacial score (nSPS) is 12.5. The van der Waals surface area contributed by atoms with Crippen LogP contribution in [-0.4, -0.2) is 48.1 Å². The third-order valence-corrected chi connectivity index (χ3v) is 5.16. The summed E-state index contributed by atoms with van der Waals surface area (Å²) in [5, 5.41) is 5.46. The van der Waals surface area contributed by atoms with E-state index in [1.165, 1.54) is 4.90 Å². The van der Waals surface area contributed by atoms with Gasteiger partial charge in [-0.15, -0.1) is 6.42 Å². The molecule has 0 heterocycles. The Balaban J connectivity index is 2.39. The number of nitrogens with zero attached hydrogens (tertiary/aromatic N) is 1. The number of rotatable bonds is 9. The zero-order valence-electron chi connectivity index (χ0n) is 21.8. The first-order valence-electron chi connectivity index (χ1n) is 11.8. The van der Waals surface area contributed by atoms with Crippen LogP contribution in [0.3, 0.4) is 0 Å². The zero-order valence-corrected chi connectivity index (χ0v) is 21.8. The van der Waals surface area contributed by atoms with Gasteiger partial charge in [0.25, 0.3) is 5.91 Å². The van der Waals surface area contributed by atoms with Crippen LogP contribution in [0, 0.1) is 12.3 Å². The summed E-state index contributed by atoms with van der Waals surface area (Å²) in [7, 11) is 1.56. The van der Waals surface area contributed by atoms with Crippen LogP contribution in [0.25, 0.3) is 0 Å². The van der Waals surface area contributed by atoms with E-state index in [0.717, 1.165) is 0 Å². The minimum Gasteiger partial charge on any atom is -0.497 e. The van der Waals surface area contributed by atoms with Crippen LogP contribution in [0.4, 0.5) is 10.5 Å². The molecule has 2 unspecified atom stereocenters. The second kappa shape index (κ2) is 12.6. The number of carbonyl (C=O) groups excluding carboxylic acids is 3. The summed E-state index contributed by atoms with van der Waals surface area (Å²) in [6, 6.07) is 11.9. The maximum absolute atomic E-state index is 13.6. The van der Waals surface area contributed by atoms with Gasteiger partial charge >= 0.3 is 6.09 Å². The van der Waals surface area contributed by atoms with Crippen molar-refractivity contribution in [3.05, 3.63) is 59.7 Å². The van der Waals surface area contributed by atoms with Crippen LogP contribution in [0.5, 0.6) is 5.75 Å². The van der Waals surface area contributed by atoms with Crippen molar-refractivity contribution in [2.75, 3.05) is 19.0 Å². The maximum atomic E-state index is 13.6. The average Bonchev–Trinajstić information content (AvgIpc) is 2.82. The minimum atomic E-state index is -0.964. The molecule has 36 heavy (non-hydrogen) atoms. The Kier molecular flexibility index (Phi) is 9.92. The molecule has 0 fully saturated rings. The van der Waals surface area contributed by atoms with Gasteiger partial charge in [-0.05, 0) is 76.1 Å². The summed E-state index contributed by atoms with van der Waals surface area (Å²) in [4.78, 5) is 40.9. The summed E-state index contributed by atoms with van der Waals surface area (Å²) in [5.74, 6) is 2.39. The highest BCUT2D eigenvalue weighted by Gasteiger charge is 2.34. The fourth-order valence-electron chi connectivity index (χ4n) is 3.52. The first kappa shape index (κ1) is 28.2. The molecule has 0 bridgehead atoms. The molecule has 2 N–H and O–H groups in total. The van der Waals surface area contributed by atoms with E-state index in [9.17, 15) is 14.4 Å². The highest BCUT2D eigenvalue weighted by molar-refractivity contribution is 5.99. The number of terminal acetylenes is 1. The van der Waals surface area contributed by atoms with Gasteiger partial charge in [-0.25, -0.2) is 4.79 Å². The van der Waals surface area contributed by atoms with E-state index in [1.54, 1.807) is 83.3 Å². The monoisotopic (exact) mass is 493 g/mol. The number of alkyl carbamates (subject to hydrolysis) is 1. The van der Waals surface area contributed by atoms with E-state index in [2.05, 4.69) is 16.6 Å². The molecule has 2 atom stereocenters. The summed E-state index contributed by atoms with van der Waals surface area (Å²) in [6.45, 7) is 8.98. The number of nitrogens with one attached hydrogen (secondary N) is 2. The van der Waals surface area contributed by atoms with Gasteiger partial charge in [0, 0.05) is 17.8 Å². The molecule has 8 nitrogen and oxygen atoms in total. The van der Waals surface area contributed by atoms with Gasteiger partial charge in [-0.3, -0.25) is 9.59 Å². The average molecular weight is 494 g/mol. The van der Waals surface area contributed by atoms with Crippen LogP contribution < -0.4 is 15.4 Å². The first-order chi connectivity index (χ1) is 17.0. The van der Waals surface area contributed by atoms with Gasteiger partial charge in [0.2, 0.25) is 5.91 Å². The fourth-order valence-corrected chi connectivity index (χ4v) is 3.52. The van der Waals surface area contributed by atoms with Crippen LogP contribution in [0.2, 0.25) is 0 Å². The Bertz CT molecular complexity index is 1080. The Morgan fingerprint density at radius 1 is 1.06 bits per heavy atom. The predicted octanol–water partition coefficient (Wildman–Crippen LogP) is 4.51. The molecule has 0 aliphatic carbocycles. The van der Waals surface area contributed by atoms with E-state index < -0.39 is 35.6 Å². The molecule has 0 radical (unpaired) electrons. The Labute approximate surface area is 213 Å². The van der Waals surface area contributed by atoms with Crippen molar-refractivity contribution in [3.8, 4) is 18.1 Å². The molecule has 8 heteroatoms. The summed E-state index contributed by atoms with van der Waals surface area (Å²) in [6.07, 6.45) is 5.38. The van der Waals surface area contributed by atoms with Crippen molar-refractivity contribution in [3.63, 3.8) is 0 Å². The smallest absolute Gasteiger partial charge is 0.408 e. The molecule has 0 spiro atoms. The Hall–Kier alpha value is -3.99. The van der Waals surface area contributed by atoms with E-state index in [-0.39, 0.29) is 6.54 Å². The number of anilines is 1. The lowest BCUT2D eigenvalue weighted by Crippen LogP contribution is -2.51. The van der Waals surface area contributed by atoms with E-state index >= 15 is 0 Å². The first-order valence-corrected chi connectivity index (χ1v) is 11.8. The third kappa shape index (κ3) is 8.05. The summed E-state index contributed by atoms with van der Waals surface area (Å²) < 4.78 is 10.5. The predicted molar refractivity (Wildman–Crippen MR) is 140 cm³/mol. The molecular formula is C28H35N3O5. The molecule has 2 aromatic carbocycles. The summed E-state index contributed by atoms with van der Waals surface area (Å²) >= 11 is 0. The number of ether oxygens (including phenoxy) is 2. The van der Waals surface area contributed by atoms with Gasteiger partial charge in [0.05, 0.1) is 7.11 Å². The van der Waals surface area contributed by atoms with Crippen molar-refractivity contribution >= 4 is 23.6 Å². The Morgan fingerprint density at radius 3 is 2.17 bits per heavy atom. The van der Waals surface area contributed by atoms with Crippen molar-refractivity contribution < 1.29 is 23.9 Å². The van der Waals surface area contributed by atoms with Gasteiger partial charge in [0.15, 0.2) is 0 Å². The fraction of sp³-hybridized carbons (Fsp3) is 0.393. The number of amides is 3. The molecule has 0 saturated carbocycles. The van der Waals surface area contributed by atoms with Crippen LogP contribution in [-0.2, 0) is 14.3 Å². The molecule has 0 saturated heterocycles. The lowest BCUT2D eigenvalue weighted by Gasteiger charge is -2.33. The van der Waals surface area contributed by atoms with E-state index in [4.69, 9.17) is 15.9 Å². The van der Waals surface area contributed by atoms with Crippen LogP contribution in [0.1, 0.15) is 58.2 Å². The number of carbonyl (C=O) groups is 3. The quantitative estimate of drug-likeness (QED) is 0.501. The summed E-state index contributed by atoms with van der Waals surface area (Å²) in [5.41, 5.74) is 1.08. The van der Waals surface area contributed by atoms with E-state index in [1.807, 2.05) is 6.92 Å². The van der Waals surface area contributed by atoms with Crippen molar-refractivity contribution in [2.24, 2.45) is 0 Å². The highest BCUT2D eigenvalue weighted by atomic mass is 16.6. The standard InChI is InChI=1S/C28H35N3O5/c1-8-18-31(26(33)19(3)29-27(34)36-28(4,5)6)24(21-12-10-20(9-2)11-13-21)25(32)30-22-14-16-23(35-7)17-15-22/h2,10-17,19,24H,8,18H2,1,3-7H3,(H,29,34)(H,30,32). The number of methoxy groups -OCH3 is 1. The zero-order chi connectivity index (χ0) is 26.9. The van der Waals surface area contributed by atoms with Gasteiger partial charge in [-0.2, -0.15) is 0 Å². The molecule has 192 valence electrons. The molecule has 0 aromatic heterocycles. The highest BCUT2D eigenvalue weighted by Crippen LogP contribution is 2.26. The molecule has 0 aliphatic heterocycles. The Morgan fingerprint density at radius 2 is 1.67 bits per heavy atom. The van der Waals surface area contributed by atoms with Gasteiger partial charge < -0.3 is 25.0 Å².